The lowest BCUT2D eigenvalue weighted by Crippen LogP contribution is -2.29. The quantitative estimate of drug-likeness (QED) is 0.216. The SMILES string of the molecule is C=CC(=O)N1C[C@@H]2C(C#Cc3c(-c4ccc(Oc5cccc(C)n5)c(OC)c4)c4c(N)ncnc4n3CCCS(C)(=O)=O)[C@@H]2C1. The Labute approximate surface area is 262 Å². The molecule has 1 unspecified atom stereocenters. The number of aromatic nitrogens is 4. The highest BCUT2D eigenvalue weighted by molar-refractivity contribution is 7.90. The van der Waals surface area contributed by atoms with Crippen LogP contribution in [-0.4, -0.2) is 71.0 Å². The zero-order valence-electron chi connectivity index (χ0n) is 25.4. The molecule has 0 radical (unpaired) electrons. The lowest BCUT2D eigenvalue weighted by molar-refractivity contribution is -0.125. The number of anilines is 1. The molecule has 0 bridgehead atoms. The first kappa shape index (κ1) is 30.1. The fourth-order valence-electron chi connectivity index (χ4n) is 6.10. The molecule has 1 saturated heterocycles. The predicted molar refractivity (Wildman–Crippen MR) is 171 cm³/mol. The Morgan fingerprint density at radius 2 is 1.96 bits per heavy atom. The number of carbonyl (C=O) groups is 1. The van der Waals surface area contributed by atoms with Crippen LogP contribution in [-0.2, 0) is 21.2 Å². The lowest BCUT2D eigenvalue weighted by Gasteiger charge is -2.16. The van der Waals surface area contributed by atoms with Gasteiger partial charge in [-0.3, -0.25) is 4.79 Å². The second-order valence-electron chi connectivity index (χ2n) is 11.5. The van der Waals surface area contributed by atoms with Crippen LogP contribution in [0.5, 0.6) is 17.4 Å². The predicted octanol–water partition coefficient (Wildman–Crippen LogP) is 3.86. The maximum atomic E-state index is 12.1. The molecule has 2 fully saturated rings. The molecule has 3 aromatic heterocycles. The summed E-state index contributed by atoms with van der Waals surface area (Å²) in [7, 11) is -1.61. The molecule has 2 aliphatic rings. The van der Waals surface area contributed by atoms with Gasteiger partial charge in [-0.05, 0) is 60.9 Å². The van der Waals surface area contributed by atoms with E-state index in [1.54, 1.807) is 19.2 Å². The normalized spacial score (nSPS) is 18.6. The molecule has 0 spiro atoms. The highest BCUT2D eigenvalue weighted by atomic mass is 32.2. The standard InChI is InChI=1S/C33H34N6O5S/c1-5-29(40)38-17-23-22(24(23)18-38)11-12-25-30(31-32(34)35-19-36-33(31)39(25)14-7-15-45(4,41)42)21-10-13-26(27(16-21)43-3)44-28-9-6-8-20(2)37-28/h5-6,8-10,13,16,19,22-24H,1,7,14-15,17-18H2,2-4H3,(H2,34,35,36)/t22?,23-,24+. The molecule has 1 amide bonds. The number of methoxy groups -OCH3 is 1. The van der Waals surface area contributed by atoms with Gasteiger partial charge in [0, 0.05) is 49.1 Å². The highest BCUT2D eigenvalue weighted by Crippen LogP contribution is 2.51. The minimum absolute atomic E-state index is 0.0161. The highest BCUT2D eigenvalue weighted by Gasteiger charge is 2.55. The summed E-state index contributed by atoms with van der Waals surface area (Å²) < 4.78 is 37.7. The fourth-order valence-corrected chi connectivity index (χ4v) is 6.76. The van der Waals surface area contributed by atoms with Gasteiger partial charge in [-0.15, -0.1) is 0 Å². The van der Waals surface area contributed by atoms with E-state index in [2.05, 4.69) is 33.4 Å². The molecule has 12 heteroatoms. The number of carbonyl (C=O) groups excluding carboxylic acids is 1. The summed E-state index contributed by atoms with van der Waals surface area (Å²) in [5.74, 6) is 9.29. The Morgan fingerprint density at radius 3 is 2.64 bits per heavy atom. The van der Waals surface area contributed by atoms with E-state index in [1.165, 1.54) is 18.7 Å². The second-order valence-corrected chi connectivity index (χ2v) is 13.7. The number of sulfone groups is 1. The molecule has 1 aliphatic carbocycles. The Morgan fingerprint density at radius 1 is 1.18 bits per heavy atom. The number of amides is 1. The second kappa shape index (κ2) is 11.9. The number of hydrogen-bond donors (Lipinski definition) is 1. The van der Waals surface area contributed by atoms with Crippen molar-refractivity contribution < 1.29 is 22.7 Å². The van der Waals surface area contributed by atoms with Gasteiger partial charge >= 0.3 is 0 Å². The van der Waals surface area contributed by atoms with Gasteiger partial charge in [-0.2, -0.15) is 0 Å². The molecule has 4 aromatic rings. The van der Waals surface area contributed by atoms with Crippen LogP contribution in [0.25, 0.3) is 22.2 Å². The number of nitrogen functional groups attached to an aromatic ring is 1. The van der Waals surface area contributed by atoms with E-state index in [0.29, 0.717) is 72.0 Å². The van der Waals surface area contributed by atoms with Crippen LogP contribution in [0.2, 0.25) is 0 Å². The van der Waals surface area contributed by atoms with Crippen LogP contribution in [0, 0.1) is 36.5 Å². The summed E-state index contributed by atoms with van der Waals surface area (Å²) in [4.78, 5) is 27.2. The number of likely N-dealkylation sites (tertiary alicyclic amines) is 1. The summed E-state index contributed by atoms with van der Waals surface area (Å²) >= 11 is 0. The van der Waals surface area contributed by atoms with Crippen molar-refractivity contribution in [2.75, 3.05) is 37.9 Å². The van der Waals surface area contributed by atoms with E-state index in [9.17, 15) is 13.2 Å². The van der Waals surface area contributed by atoms with Crippen molar-refractivity contribution in [3.8, 4) is 40.3 Å². The molecule has 2 N–H and O–H groups in total. The maximum Gasteiger partial charge on any atom is 0.245 e. The van der Waals surface area contributed by atoms with Gasteiger partial charge < -0.3 is 24.7 Å². The topological polar surface area (TPSA) is 143 Å². The van der Waals surface area contributed by atoms with Crippen molar-refractivity contribution in [1.29, 1.82) is 0 Å². The summed E-state index contributed by atoms with van der Waals surface area (Å²) in [5, 5.41) is 0.621. The number of pyridine rings is 1. The van der Waals surface area contributed by atoms with Gasteiger partial charge in [0.25, 0.3) is 0 Å². The number of aryl methyl sites for hydroxylation is 2. The largest absolute Gasteiger partial charge is 0.493 e. The van der Waals surface area contributed by atoms with Crippen LogP contribution in [0.15, 0.2) is 55.4 Å². The van der Waals surface area contributed by atoms with Crippen molar-refractivity contribution >= 4 is 32.6 Å². The molecule has 232 valence electrons. The first-order valence-corrected chi connectivity index (χ1v) is 16.7. The van der Waals surface area contributed by atoms with Crippen LogP contribution in [0.4, 0.5) is 5.82 Å². The smallest absolute Gasteiger partial charge is 0.245 e. The molecular formula is C33H34N6O5S. The van der Waals surface area contributed by atoms with Gasteiger partial charge in [-0.25, -0.2) is 23.4 Å². The molecule has 3 atom stereocenters. The van der Waals surface area contributed by atoms with E-state index in [0.717, 1.165) is 16.8 Å². The summed E-state index contributed by atoms with van der Waals surface area (Å²) in [6.07, 6.45) is 4.34. The summed E-state index contributed by atoms with van der Waals surface area (Å²) in [6.45, 7) is 7.16. The zero-order chi connectivity index (χ0) is 31.9. The molecule has 45 heavy (non-hydrogen) atoms. The van der Waals surface area contributed by atoms with E-state index in [-0.39, 0.29) is 23.4 Å². The third-order valence-electron chi connectivity index (χ3n) is 8.33. The summed E-state index contributed by atoms with van der Waals surface area (Å²) in [6, 6.07) is 11.1. The average molecular weight is 627 g/mol. The average Bonchev–Trinajstić information content (AvgIpc) is 3.30. The number of rotatable bonds is 9. The van der Waals surface area contributed by atoms with Crippen molar-refractivity contribution in [2.24, 2.45) is 17.8 Å². The minimum atomic E-state index is -3.18. The first-order chi connectivity index (χ1) is 21.6. The van der Waals surface area contributed by atoms with Crippen molar-refractivity contribution in [3.63, 3.8) is 0 Å². The number of ether oxygens (including phenoxy) is 2. The third kappa shape index (κ3) is 6.08. The van der Waals surface area contributed by atoms with Gasteiger partial charge in [0.1, 0.15) is 33.3 Å². The molecule has 6 rings (SSSR count). The number of hydrogen-bond acceptors (Lipinski definition) is 9. The monoisotopic (exact) mass is 626 g/mol. The molecule has 4 heterocycles. The maximum absolute atomic E-state index is 12.1. The number of nitrogens with zero attached hydrogens (tertiary/aromatic N) is 5. The first-order valence-electron chi connectivity index (χ1n) is 14.6. The van der Waals surface area contributed by atoms with Crippen molar-refractivity contribution in [3.05, 3.63) is 66.8 Å². The number of nitrogens with two attached hydrogens (primary N) is 1. The van der Waals surface area contributed by atoms with Gasteiger partial charge in [0.2, 0.25) is 11.8 Å². The Bertz CT molecular complexity index is 1980. The molecule has 11 nitrogen and oxygen atoms in total. The molecule has 1 aliphatic heterocycles. The van der Waals surface area contributed by atoms with Crippen LogP contribution in [0.3, 0.4) is 0 Å². The Balaban J connectivity index is 1.43. The van der Waals surface area contributed by atoms with Gasteiger partial charge in [0.15, 0.2) is 11.5 Å². The van der Waals surface area contributed by atoms with E-state index in [1.807, 2.05) is 40.7 Å². The van der Waals surface area contributed by atoms with Crippen molar-refractivity contribution in [2.45, 2.75) is 19.9 Å². The lowest BCUT2D eigenvalue weighted by atomic mass is 10.0. The number of benzene rings is 1. The van der Waals surface area contributed by atoms with E-state index < -0.39 is 9.84 Å². The van der Waals surface area contributed by atoms with Crippen LogP contribution in [0.1, 0.15) is 17.8 Å². The van der Waals surface area contributed by atoms with E-state index >= 15 is 0 Å². The molecular weight excluding hydrogens is 592 g/mol. The number of piperidine rings is 1. The minimum Gasteiger partial charge on any atom is -0.493 e. The third-order valence-corrected chi connectivity index (χ3v) is 9.36. The Kier molecular flexibility index (Phi) is 7.97. The summed E-state index contributed by atoms with van der Waals surface area (Å²) in [5.41, 5.74) is 10.0. The molecule has 1 saturated carbocycles. The van der Waals surface area contributed by atoms with Crippen LogP contribution < -0.4 is 15.2 Å². The van der Waals surface area contributed by atoms with Crippen LogP contribution >= 0.6 is 0 Å². The number of fused-ring (bicyclic) bond motifs is 2. The van der Waals surface area contributed by atoms with Gasteiger partial charge in [0.05, 0.1) is 18.2 Å². The van der Waals surface area contributed by atoms with E-state index in [4.69, 9.17) is 15.2 Å². The Hall–Kier alpha value is -4.89. The fraction of sp³-hybridized carbons (Fsp3) is 0.333. The van der Waals surface area contributed by atoms with Gasteiger partial charge in [-0.1, -0.05) is 24.6 Å². The molecule has 1 aromatic carbocycles. The zero-order valence-corrected chi connectivity index (χ0v) is 26.2. The van der Waals surface area contributed by atoms with Crippen molar-refractivity contribution in [1.82, 2.24) is 24.4 Å².